The summed E-state index contributed by atoms with van der Waals surface area (Å²) in [5.74, 6) is 0.0202. The standard InChI is InChI=1S/C21H20F2N4O2/c22-16-7-5-14(6-8-16)20-25-26-21(29-20)15-9-11-27(12-10-15)13-19(28)24-18-4-2-1-3-17(18)23/h1-8,15H,9-13H2,(H,24,28). The SMILES string of the molecule is O=C(CN1CCC(c2nnc(-c3ccc(F)cc3)o2)CC1)Nc1ccccc1F. The molecule has 2 aromatic carbocycles. The summed E-state index contributed by atoms with van der Waals surface area (Å²) in [5, 5.41) is 10.8. The van der Waals surface area contributed by atoms with Crippen molar-refractivity contribution in [1.29, 1.82) is 0 Å². The molecule has 0 bridgehead atoms. The maximum absolute atomic E-state index is 13.6. The van der Waals surface area contributed by atoms with Gasteiger partial charge in [0, 0.05) is 11.5 Å². The smallest absolute Gasteiger partial charge is 0.247 e. The van der Waals surface area contributed by atoms with Gasteiger partial charge in [-0.25, -0.2) is 8.78 Å². The van der Waals surface area contributed by atoms with Gasteiger partial charge in [0.05, 0.1) is 12.2 Å². The van der Waals surface area contributed by atoms with E-state index in [4.69, 9.17) is 4.42 Å². The van der Waals surface area contributed by atoms with E-state index in [2.05, 4.69) is 15.5 Å². The Morgan fingerprint density at radius 2 is 1.79 bits per heavy atom. The topological polar surface area (TPSA) is 71.3 Å². The van der Waals surface area contributed by atoms with E-state index >= 15 is 0 Å². The lowest BCUT2D eigenvalue weighted by Crippen LogP contribution is -2.38. The number of anilines is 1. The molecule has 0 spiro atoms. The van der Waals surface area contributed by atoms with Gasteiger partial charge < -0.3 is 9.73 Å². The van der Waals surface area contributed by atoms with E-state index in [-0.39, 0.29) is 29.9 Å². The van der Waals surface area contributed by atoms with Crippen LogP contribution in [0.1, 0.15) is 24.7 Å². The van der Waals surface area contributed by atoms with Crippen molar-refractivity contribution in [3.8, 4) is 11.5 Å². The first kappa shape index (κ1) is 19.2. The molecule has 0 atom stereocenters. The van der Waals surface area contributed by atoms with Gasteiger partial charge >= 0.3 is 0 Å². The predicted octanol–water partition coefficient (Wildman–Crippen LogP) is 3.83. The molecule has 4 rings (SSSR count). The summed E-state index contributed by atoms with van der Waals surface area (Å²) in [4.78, 5) is 14.2. The molecule has 1 fully saturated rings. The number of carbonyl (C=O) groups is 1. The number of halogens is 2. The number of hydrogen-bond acceptors (Lipinski definition) is 5. The average molecular weight is 398 g/mol. The van der Waals surface area contributed by atoms with Crippen molar-refractivity contribution in [3.63, 3.8) is 0 Å². The van der Waals surface area contributed by atoms with E-state index < -0.39 is 5.82 Å². The Morgan fingerprint density at radius 3 is 2.52 bits per heavy atom. The van der Waals surface area contributed by atoms with Crippen molar-refractivity contribution in [2.45, 2.75) is 18.8 Å². The number of nitrogens with one attached hydrogen (secondary N) is 1. The van der Waals surface area contributed by atoms with Crippen LogP contribution >= 0.6 is 0 Å². The molecule has 0 saturated carbocycles. The molecule has 2 heterocycles. The van der Waals surface area contributed by atoms with Gasteiger partial charge in [-0.2, -0.15) is 0 Å². The highest BCUT2D eigenvalue weighted by Crippen LogP contribution is 2.29. The van der Waals surface area contributed by atoms with Crippen LogP contribution in [0.15, 0.2) is 52.9 Å². The minimum atomic E-state index is -0.451. The maximum Gasteiger partial charge on any atom is 0.247 e. The predicted molar refractivity (Wildman–Crippen MR) is 103 cm³/mol. The number of piperidine rings is 1. The quantitative estimate of drug-likeness (QED) is 0.707. The van der Waals surface area contributed by atoms with Crippen molar-refractivity contribution in [2.75, 3.05) is 25.0 Å². The first-order valence-electron chi connectivity index (χ1n) is 9.44. The molecule has 150 valence electrons. The molecule has 1 saturated heterocycles. The van der Waals surface area contributed by atoms with Gasteiger partial charge in [-0.1, -0.05) is 12.1 Å². The number of hydrogen-bond donors (Lipinski definition) is 1. The van der Waals surface area contributed by atoms with Gasteiger partial charge in [0.15, 0.2) is 0 Å². The molecule has 8 heteroatoms. The summed E-state index contributed by atoms with van der Waals surface area (Å²) in [6.45, 7) is 1.60. The number of amides is 1. The largest absolute Gasteiger partial charge is 0.420 e. The average Bonchev–Trinajstić information content (AvgIpc) is 3.21. The van der Waals surface area contributed by atoms with Crippen LogP contribution in [0.5, 0.6) is 0 Å². The zero-order valence-electron chi connectivity index (χ0n) is 15.6. The number of para-hydroxylation sites is 1. The third-order valence-corrected chi connectivity index (χ3v) is 4.98. The molecule has 1 amide bonds. The number of nitrogens with zero attached hydrogens (tertiary/aromatic N) is 3. The Bertz CT molecular complexity index is 982. The van der Waals surface area contributed by atoms with Gasteiger partial charge in [-0.3, -0.25) is 9.69 Å². The molecule has 29 heavy (non-hydrogen) atoms. The first-order valence-corrected chi connectivity index (χ1v) is 9.44. The Balaban J connectivity index is 1.30. The molecule has 1 N–H and O–H groups in total. The summed E-state index contributed by atoms with van der Waals surface area (Å²) in [6.07, 6.45) is 1.55. The summed E-state index contributed by atoms with van der Waals surface area (Å²) < 4.78 is 32.5. The van der Waals surface area contributed by atoms with Gasteiger partial charge in [-0.05, 0) is 62.3 Å². The zero-order valence-corrected chi connectivity index (χ0v) is 15.6. The summed E-state index contributed by atoms with van der Waals surface area (Å²) >= 11 is 0. The fourth-order valence-electron chi connectivity index (χ4n) is 3.40. The molecule has 6 nitrogen and oxygen atoms in total. The van der Waals surface area contributed by atoms with Crippen LogP contribution in [0.3, 0.4) is 0 Å². The fraction of sp³-hybridized carbons (Fsp3) is 0.286. The van der Waals surface area contributed by atoms with E-state index in [0.717, 1.165) is 12.8 Å². The van der Waals surface area contributed by atoms with Crippen molar-refractivity contribution in [3.05, 3.63) is 66.1 Å². The van der Waals surface area contributed by atoms with E-state index in [0.29, 0.717) is 30.4 Å². The van der Waals surface area contributed by atoms with Gasteiger partial charge in [0.1, 0.15) is 11.6 Å². The Labute approximate surface area is 166 Å². The number of benzene rings is 2. The lowest BCUT2D eigenvalue weighted by Gasteiger charge is -2.29. The van der Waals surface area contributed by atoms with E-state index in [1.165, 1.54) is 24.3 Å². The number of rotatable bonds is 5. The van der Waals surface area contributed by atoms with Crippen LogP contribution in [-0.4, -0.2) is 40.6 Å². The summed E-state index contributed by atoms with van der Waals surface area (Å²) in [6, 6.07) is 12.0. The second-order valence-corrected chi connectivity index (χ2v) is 7.03. The molecular formula is C21H20F2N4O2. The van der Waals surface area contributed by atoms with Gasteiger partial charge in [-0.15, -0.1) is 10.2 Å². The molecule has 0 radical (unpaired) electrons. The first-order chi connectivity index (χ1) is 14.1. The number of aromatic nitrogens is 2. The Hall–Kier alpha value is -3.13. The highest BCUT2D eigenvalue weighted by molar-refractivity contribution is 5.92. The van der Waals surface area contributed by atoms with Gasteiger partial charge in [0.2, 0.25) is 17.7 Å². The lowest BCUT2D eigenvalue weighted by atomic mass is 9.97. The van der Waals surface area contributed by atoms with Crippen LogP contribution in [-0.2, 0) is 4.79 Å². The van der Waals surface area contributed by atoms with Crippen LogP contribution < -0.4 is 5.32 Å². The molecular weight excluding hydrogens is 378 g/mol. The van der Waals surface area contributed by atoms with Crippen LogP contribution in [0.25, 0.3) is 11.5 Å². The second-order valence-electron chi connectivity index (χ2n) is 7.03. The minimum Gasteiger partial charge on any atom is -0.420 e. The van der Waals surface area contributed by atoms with Crippen LogP contribution in [0.2, 0.25) is 0 Å². The van der Waals surface area contributed by atoms with Crippen molar-refractivity contribution >= 4 is 11.6 Å². The Morgan fingerprint density at radius 1 is 1.07 bits per heavy atom. The molecule has 1 aromatic heterocycles. The third kappa shape index (κ3) is 4.65. The lowest BCUT2D eigenvalue weighted by molar-refractivity contribution is -0.117. The third-order valence-electron chi connectivity index (χ3n) is 4.98. The maximum atomic E-state index is 13.6. The monoisotopic (exact) mass is 398 g/mol. The number of likely N-dealkylation sites (tertiary alicyclic amines) is 1. The normalized spacial score (nSPS) is 15.4. The Kier molecular flexibility index (Phi) is 5.62. The summed E-state index contributed by atoms with van der Waals surface area (Å²) in [7, 11) is 0. The van der Waals surface area contributed by atoms with Crippen molar-refractivity contribution < 1.29 is 18.0 Å². The highest BCUT2D eigenvalue weighted by Gasteiger charge is 2.26. The zero-order chi connectivity index (χ0) is 20.2. The second kappa shape index (κ2) is 8.48. The summed E-state index contributed by atoms with van der Waals surface area (Å²) in [5.41, 5.74) is 0.860. The van der Waals surface area contributed by atoms with Crippen LogP contribution in [0, 0.1) is 11.6 Å². The molecule has 0 aliphatic carbocycles. The minimum absolute atomic E-state index is 0.113. The number of carbonyl (C=O) groups excluding carboxylic acids is 1. The highest BCUT2D eigenvalue weighted by atomic mass is 19.1. The van der Waals surface area contributed by atoms with E-state index in [1.54, 1.807) is 24.3 Å². The molecule has 0 unspecified atom stereocenters. The molecule has 3 aromatic rings. The van der Waals surface area contributed by atoms with Crippen molar-refractivity contribution in [1.82, 2.24) is 15.1 Å². The van der Waals surface area contributed by atoms with Crippen molar-refractivity contribution in [2.24, 2.45) is 0 Å². The van der Waals surface area contributed by atoms with E-state index in [1.807, 2.05) is 4.90 Å². The van der Waals surface area contributed by atoms with Gasteiger partial charge in [0.25, 0.3) is 0 Å². The van der Waals surface area contributed by atoms with Crippen LogP contribution in [0.4, 0.5) is 14.5 Å². The molecule has 1 aliphatic rings. The van der Waals surface area contributed by atoms with E-state index in [9.17, 15) is 13.6 Å². The molecule has 1 aliphatic heterocycles. The fourth-order valence-corrected chi connectivity index (χ4v) is 3.40.